The Morgan fingerprint density at radius 2 is 1.56 bits per heavy atom. The molecule has 0 unspecified atom stereocenters. The molecule has 2 aromatic rings. The van der Waals surface area contributed by atoms with Crippen LogP contribution in [0.5, 0.6) is 17.2 Å². The average molecular weight is 340 g/mol. The first-order valence-corrected chi connectivity index (χ1v) is 7.57. The van der Waals surface area contributed by atoms with Crippen molar-refractivity contribution in [1.82, 2.24) is 5.32 Å². The summed E-state index contributed by atoms with van der Waals surface area (Å²) in [4.78, 5) is 12.5. The summed E-state index contributed by atoms with van der Waals surface area (Å²) in [6.45, 7) is 3.94. The molecule has 0 heterocycles. The third-order valence-corrected chi connectivity index (χ3v) is 3.75. The molecule has 2 aromatic carbocycles. The van der Waals surface area contributed by atoms with Gasteiger partial charge in [-0.15, -0.1) is 0 Å². The van der Waals surface area contributed by atoms with Crippen LogP contribution in [0, 0.1) is 25.3 Å². The molecule has 0 aliphatic rings. The third kappa shape index (κ3) is 3.50. The van der Waals surface area contributed by atoms with Gasteiger partial charge in [0.15, 0.2) is 17.7 Å². The van der Waals surface area contributed by atoms with Crippen molar-refractivity contribution >= 4 is 5.91 Å². The van der Waals surface area contributed by atoms with E-state index < -0.39 is 5.91 Å². The Morgan fingerprint density at radius 1 is 0.960 bits per heavy atom. The number of nitrogens with one attached hydrogen (secondary N) is 1. The number of methoxy groups -OCH3 is 3. The lowest BCUT2D eigenvalue weighted by Gasteiger charge is -2.19. The maximum Gasteiger partial charge on any atom is 0.265 e. The Kier molecular flexibility index (Phi) is 5.50. The molecule has 1 amide bonds. The Hall–Kier alpha value is -3.20. The quantitative estimate of drug-likeness (QED) is 0.668. The monoisotopic (exact) mass is 340 g/mol. The summed E-state index contributed by atoms with van der Waals surface area (Å²) in [5.74, 6) is 0.550. The maximum atomic E-state index is 12.5. The van der Waals surface area contributed by atoms with Crippen LogP contribution >= 0.6 is 0 Å². The summed E-state index contributed by atoms with van der Waals surface area (Å²) < 4.78 is 16.3. The van der Waals surface area contributed by atoms with Gasteiger partial charge in [0, 0.05) is 5.56 Å². The van der Waals surface area contributed by atoms with Gasteiger partial charge in [0.2, 0.25) is 5.75 Å². The molecule has 0 aliphatic heterocycles. The molecule has 0 fully saturated rings. The van der Waals surface area contributed by atoms with Crippen LogP contribution in [0.2, 0.25) is 0 Å². The highest BCUT2D eigenvalue weighted by Gasteiger charge is 2.25. The number of amides is 1. The number of carbonyl (C=O) groups is 1. The molecule has 0 atom stereocenters. The predicted molar refractivity (Wildman–Crippen MR) is 94.1 cm³/mol. The molecule has 2 rings (SSSR count). The summed E-state index contributed by atoms with van der Waals surface area (Å²) in [5, 5.41) is 11.0. The van der Waals surface area contributed by atoms with Crippen molar-refractivity contribution < 1.29 is 19.0 Å². The molecule has 0 saturated carbocycles. The standard InChI is InChI=1S/C19H20N2O4/c1-11-6-12(2)8-13(7-11)16-14(19(22)21-10-20)9-15(23-3)17(24-4)18(16)25-5/h6-9H,1-5H3,(H,21,22). The second kappa shape index (κ2) is 7.58. The van der Waals surface area contributed by atoms with E-state index in [1.54, 1.807) is 12.3 Å². The van der Waals surface area contributed by atoms with E-state index in [2.05, 4.69) is 5.32 Å². The summed E-state index contributed by atoms with van der Waals surface area (Å²) in [5.41, 5.74) is 3.68. The second-order valence-corrected chi connectivity index (χ2v) is 5.51. The minimum absolute atomic E-state index is 0.265. The number of benzene rings is 2. The van der Waals surface area contributed by atoms with Gasteiger partial charge >= 0.3 is 0 Å². The van der Waals surface area contributed by atoms with Gasteiger partial charge in [0.05, 0.1) is 26.9 Å². The van der Waals surface area contributed by atoms with E-state index in [1.807, 2.05) is 32.0 Å². The molecule has 0 bridgehead atoms. The summed E-state index contributed by atoms with van der Waals surface area (Å²) >= 11 is 0. The van der Waals surface area contributed by atoms with Gasteiger partial charge in [0.25, 0.3) is 5.91 Å². The highest BCUT2D eigenvalue weighted by Crippen LogP contribution is 2.47. The highest BCUT2D eigenvalue weighted by molar-refractivity contribution is 6.04. The largest absolute Gasteiger partial charge is 0.493 e. The van der Waals surface area contributed by atoms with Gasteiger partial charge in [-0.25, -0.2) is 0 Å². The molecule has 6 nitrogen and oxygen atoms in total. The van der Waals surface area contributed by atoms with E-state index in [0.717, 1.165) is 16.7 Å². The van der Waals surface area contributed by atoms with E-state index >= 15 is 0 Å². The first kappa shape index (κ1) is 18.1. The molecular weight excluding hydrogens is 320 g/mol. The fraction of sp³-hybridized carbons (Fsp3) is 0.263. The minimum Gasteiger partial charge on any atom is -0.493 e. The van der Waals surface area contributed by atoms with Gasteiger partial charge in [-0.1, -0.05) is 29.3 Å². The van der Waals surface area contributed by atoms with Gasteiger partial charge in [0.1, 0.15) is 0 Å². The number of hydrogen-bond acceptors (Lipinski definition) is 5. The first-order chi connectivity index (χ1) is 12.0. The zero-order chi connectivity index (χ0) is 18.6. The molecule has 0 spiro atoms. The topological polar surface area (TPSA) is 80.6 Å². The second-order valence-electron chi connectivity index (χ2n) is 5.51. The van der Waals surface area contributed by atoms with Crippen molar-refractivity contribution in [2.24, 2.45) is 0 Å². The molecule has 0 saturated heterocycles. The highest BCUT2D eigenvalue weighted by atomic mass is 16.5. The van der Waals surface area contributed by atoms with Gasteiger partial charge < -0.3 is 14.2 Å². The molecule has 0 radical (unpaired) electrons. The van der Waals surface area contributed by atoms with Crippen molar-refractivity contribution in [3.8, 4) is 34.6 Å². The Balaban J connectivity index is 2.90. The lowest BCUT2D eigenvalue weighted by Crippen LogP contribution is -2.19. The van der Waals surface area contributed by atoms with Gasteiger partial charge in [-0.2, -0.15) is 5.26 Å². The summed E-state index contributed by atoms with van der Waals surface area (Å²) in [6, 6.07) is 7.46. The smallest absolute Gasteiger partial charge is 0.265 e. The van der Waals surface area contributed by atoms with E-state index in [1.165, 1.54) is 21.3 Å². The Morgan fingerprint density at radius 3 is 2.04 bits per heavy atom. The fourth-order valence-corrected chi connectivity index (χ4v) is 2.86. The van der Waals surface area contributed by atoms with Crippen molar-refractivity contribution in [2.45, 2.75) is 13.8 Å². The minimum atomic E-state index is -0.545. The molecule has 0 aromatic heterocycles. The van der Waals surface area contributed by atoms with Crippen molar-refractivity contribution in [2.75, 3.05) is 21.3 Å². The van der Waals surface area contributed by atoms with Crippen LogP contribution in [0.25, 0.3) is 11.1 Å². The first-order valence-electron chi connectivity index (χ1n) is 7.57. The predicted octanol–water partition coefficient (Wildman–Crippen LogP) is 3.21. The number of nitriles is 1. The molecule has 6 heteroatoms. The summed E-state index contributed by atoms with van der Waals surface area (Å²) in [6.07, 6.45) is 1.66. The molecule has 130 valence electrons. The van der Waals surface area contributed by atoms with Crippen LogP contribution in [-0.2, 0) is 0 Å². The molecule has 25 heavy (non-hydrogen) atoms. The van der Waals surface area contributed by atoms with Crippen molar-refractivity contribution in [3.63, 3.8) is 0 Å². The number of carbonyl (C=O) groups excluding carboxylic acids is 1. The van der Waals surface area contributed by atoms with E-state index in [9.17, 15) is 4.79 Å². The number of nitrogens with zero attached hydrogens (tertiary/aromatic N) is 1. The zero-order valence-electron chi connectivity index (χ0n) is 14.9. The lowest BCUT2D eigenvalue weighted by molar-refractivity contribution is 0.0972. The number of ether oxygens (including phenoxy) is 3. The Labute approximate surface area is 146 Å². The van der Waals surface area contributed by atoms with Crippen molar-refractivity contribution in [3.05, 3.63) is 41.0 Å². The molecule has 0 aliphatic carbocycles. The van der Waals surface area contributed by atoms with E-state index in [4.69, 9.17) is 19.5 Å². The molecular formula is C19H20N2O4. The normalized spacial score (nSPS) is 9.92. The SMILES string of the molecule is COc1cc(C(=O)NC#N)c(-c2cc(C)cc(C)c2)c(OC)c1OC. The van der Waals surface area contributed by atoms with Crippen LogP contribution in [0.1, 0.15) is 21.5 Å². The van der Waals surface area contributed by atoms with Crippen LogP contribution in [0.4, 0.5) is 0 Å². The zero-order valence-corrected chi connectivity index (χ0v) is 14.9. The van der Waals surface area contributed by atoms with E-state index in [0.29, 0.717) is 22.8 Å². The van der Waals surface area contributed by atoms with Gasteiger partial charge in [-0.3, -0.25) is 10.1 Å². The average Bonchev–Trinajstić information content (AvgIpc) is 2.58. The van der Waals surface area contributed by atoms with E-state index in [-0.39, 0.29) is 5.56 Å². The van der Waals surface area contributed by atoms with Crippen LogP contribution < -0.4 is 19.5 Å². The number of hydrogen-bond donors (Lipinski definition) is 1. The fourth-order valence-electron chi connectivity index (χ4n) is 2.86. The third-order valence-electron chi connectivity index (χ3n) is 3.75. The molecule has 1 N–H and O–H groups in total. The number of aryl methyl sites for hydroxylation is 2. The summed E-state index contributed by atoms with van der Waals surface area (Å²) in [7, 11) is 4.47. The van der Waals surface area contributed by atoms with Crippen molar-refractivity contribution in [1.29, 1.82) is 5.26 Å². The van der Waals surface area contributed by atoms with Crippen LogP contribution in [0.15, 0.2) is 24.3 Å². The van der Waals surface area contributed by atoms with Gasteiger partial charge in [-0.05, 0) is 25.5 Å². The lowest BCUT2D eigenvalue weighted by atomic mass is 9.94. The number of rotatable bonds is 5. The van der Waals surface area contributed by atoms with Crippen LogP contribution in [0.3, 0.4) is 0 Å². The maximum absolute atomic E-state index is 12.5. The Bertz CT molecular complexity index is 833. The van der Waals surface area contributed by atoms with Crippen LogP contribution in [-0.4, -0.2) is 27.2 Å².